The molecule has 0 fully saturated rings. The molecule has 0 spiro atoms. The van der Waals surface area contributed by atoms with Gasteiger partial charge in [0.1, 0.15) is 5.58 Å². The first-order valence-corrected chi connectivity index (χ1v) is 9.44. The molecule has 1 amide bonds. The van der Waals surface area contributed by atoms with Crippen molar-refractivity contribution in [3.63, 3.8) is 0 Å². The molecule has 0 bridgehead atoms. The maximum Gasteiger partial charge on any atom is 0.374 e. The van der Waals surface area contributed by atoms with E-state index in [1.807, 2.05) is 0 Å². The molecule has 0 aliphatic rings. The van der Waals surface area contributed by atoms with Gasteiger partial charge in [-0.3, -0.25) is 4.79 Å². The minimum atomic E-state index is -3.81. The molecule has 3 aromatic rings. The van der Waals surface area contributed by atoms with Crippen LogP contribution in [-0.4, -0.2) is 26.9 Å². The van der Waals surface area contributed by atoms with E-state index in [2.05, 4.69) is 5.32 Å². The molecule has 0 saturated carbocycles. The van der Waals surface area contributed by atoms with Gasteiger partial charge in [0.2, 0.25) is 15.8 Å². The van der Waals surface area contributed by atoms with Crippen molar-refractivity contribution in [1.29, 1.82) is 0 Å². The summed E-state index contributed by atoms with van der Waals surface area (Å²) < 4.78 is 32.6. The number of hydrogen-bond donors (Lipinski definition) is 2. The lowest BCUT2D eigenvalue weighted by Crippen LogP contribution is -2.20. The van der Waals surface area contributed by atoms with Crippen LogP contribution in [0.15, 0.2) is 57.8 Å². The van der Waals surface area contributed by atoms with Crippen LogP contribution in [0.2, 0.25) is 5.02 Å². The molecule has 0 saturated heterocycles. The van der Waals surface area contributed by atoms with E-state index in [0.29, 0.717) is 21.7 Å². The van der Waals surface area contributed by atoms with Crippen molar-refractivity contribution in [2.45, 2.75) is 4.90 Å². The van der Waals surface area contributed by atoms with Crippen molar-refractivity contribution in [3.8, 4) is 0 Å². The highest BCUT2D eigenvalue weighted by Crippen LogP contribution is 2.23. The van der Waals surface area contributed by atoms with Crippen LogP contribution in [0.4, 0.5) is 5.69 Å². The number of furan rings is 1. The third kappa shape index (κ3) is 4.64. The Hall–Kier alpha value is -2.88. The van der Waals surface area contributed by atoms with E-state index in [4.69, 9.17) is 25.9 Å². The fraction of sp³-hybridized carbons (Fsp3) is 0.0588. The molecule has 10 heteroatoms. The number of ether oxygens (including phenoxy) is 1. The summed E-state index contributed by atoms with van der Waals surface area (Å²) in [6.07, 6.45) is 0. The van der Waals surface area contributed by atoms with Gasteiger partial charge in [0.25, 0.3) is 5.91 Å². The van der Waals surface area contributed by atoms with Gasteiger partial charge in [-0.1, -0.05) is 11.6 Å². The van der Waals surface area contributed by atoms with Crippen LogP contribution in [0.1, 0.15) is 10.6 Å². The fourth-order valence-corrected chi connectivity index (χ4v) is 2.94. The maximum atomic E-state index is 12.0. The number of nitrogens with two attached hydrogens (primary N) is 1. The monoisotopic (exact) mass is 408 g/mol. The summed E-state index contributed by atoms with van der Waals surface area (Å²) in [6, 6.07) is 11.6. The molecule has 0 unspecified atom stereocenters. The molecule has 0 aliphatic heterocycles. The van der Waals surface area contributed by atoms with Crippen molar-refractivity contribution in [2.24, 2.45) is 5.14 Å². The second-order valence-electron chi connectivity index (χ2n) is 5.49. The predicted octanol–water partition coefficient (Wildman–Crippen LogP) is 2.53. The Labute approximate surface area is 158 Å². The molecule has 8 nitrogen and oxygen atoms in total. The maximum absolute atomic E-state index is 12.0. The van der Waals surface area contributed by atoms with E-state index in [1.54, 1.807) is 18.2 Å². The van der Waals surface area contributed by atoms with Gasteiger partial charge in [-0.05, 0) is 48.5 Å². The third-order valence-electron chi connectivity index (χ3n) is 3.48. The van der Waals surface area contributed by atoms with Gasteiger partial charge >= 0.3 is 5.97 Å². The molecule has 0 radical (unpaired) electrons. The summed E-state index contributed by atoms with van der Waals surface area (Å²) in [5.41, 5.74) is 0.785. The number of amides is 1. The van der Waals surface area contributed by atoms with Crippen LogP contribution in [-0.2, 0) is 19.6 Å². The molecule has 27 heavy (non-hydrogen) atoms. The lowest BCUT2D eigenvalue weighted by atomic mass is 10.2. The second kappa shape index (κ2) is 7.39. The van der Waals surface area contributed by atoms with E-state index in [-0.39, 0.29) is 10.7 Å². The molecule has 1 heterocycles. The topological polar surface area (TPSA) is 129 Å². The minimum Gasteiger partial charge on any atom is -0.450 e. The van der Waals surface area contributed by atoms with Crippen molar-refractivity contribution in [3.05, 3.63) is 59.3 Å². The van der Waals surface area contributed by atoms with E-state index in [0.717, 1.165) is 0 Å². The number of fused-ring (bicyclic) bond motifs is 1. The third-order valence-corrected chi connectivity index (χ3v) is 4.64. The summed E-state index contributed by atoms with van der Waals surface area (Å²) in [4.78, 5) is 23.8. The van der Waals surface area contributed by atoms with E-state index >= 15 is 0 Å². The first kappa shape index (κ1) is 18.9. The largest absolute Gasteiger partial charge is 0.450 e. The highest BCUT2D eigenvalue weighted by Gasteiger charge is 2.16. The quantitative estimate of drug-likeness (QED) is 0.624. The average molecular weight is 409 g/mol. The number of rotatable bonds is 5. The number of benzene rings is 2. The highest BCUT2D eigenvalue weighted by molar-refractivity contribution is 7.89. The number of halogens is 1. The molecule has 140 valence electrons. The summed E-state index contributed by atoms with van der Waals surface area (Å²) >= 11 is 5.87. The zero-order valence-electron chi connectivity index (χ0n) is 13.6. The van der Waals surface area contributed by atoms with Crippen molar-refractivity contribution in [1.82, 2.24) is 0 Å². The standard InChI is InChI=1S/C17H13ClN2O6S/c18-11-1-6-14-10(7-11)8-15(26-14)17(22)25-9-16(21)20-12-2-4-13(5-3-12)27(19,23)24/h1-8H,9H2,(H,20,21)(H2,19,23,24). The van der Waals surface area contributed by atoms with E-state index in [1.165, 1.54) is 30.3 Å². The molecule has 3 rings (SSSR count). The number of hydrogen-bond acceptors (Lipinski definition) is 6. The second-order valence-corrected chi connectivity index (χ2v) is 7.48. The van der Waals surface area contributed by atoms with E-state index in [9.17, 15) is 18.0 Å². The van der Waals surface area contributed by atoms with Gasteiger partial charge in [0.05, 0.1) is 4.90 Å². The van der Waals surface area contributed by atoms with Gasteiger partial charge in [-0.15, -0.1) is 0 Å². The fourth-order valence-electron chi connectivity index (χ4n) is 2.24. The molecular weight excluding hydrogens is 396 g/mol. The van der Waals surface area contributed by atoms with Crippen LogP contribution in [0.3, 0.4) is 0 Å². The van der Waals surface area contributed by atoms with Gasteiger partial charge in [-0.2, -0.15) is 0 Å². The molecular formula is C17H13ClN2O6S. The molecule has 2 aromatic carbocycles. The van der Waals surface area contributed by atoms with Gasteiger partial charge in [-0.25, -0.2) is 18.4 Å². The Bertz CT molecular complexity index is 1120. The lowest BCUT2D eigenvalue weighted by molar-refractivity contribution is -0.119. The van der Waals surface area contributed by atoms with Gasteiger partial charge in [0.15, 0.2) is 6.61 Å². The Morgan fingerprint density at radius 3 is 2.48 bits per heavy atom. The molecule has 3 N–H and O–H groups in total. The van der Waals surface area contributed by atoms with Crippen LogP contribution in [0.5, 0.6) is 0 Å². The molecule has 0 aliphatic carbocycles. The molecule has 0 atom stereocenters. The SMILES string of the molecule is NS(=O)(=O)c1ccc(NC(=O)COC(=O)c2cc3cc(Cl)ccc3o2)cc1. The zero-order valence-corrected chi connectivity index (χ0v) is 15.2. The lowest BCUT2D eigenvalue weighted by Gasteiger charge is -2.06. The van der Waals surface area contributed by atoms with Gasteiger partial charge in [0, 0.05) is 16.1 Å². The number of nitrogens with one attached hydrogen (secondary N) is 1. The van der Waals surface area contributed by atoms with Crippen molar-refractivity contribution >= 4 is 50.2 Å². The number of anilines is 1. The summed E-state index contributed by atoms with van der Waals surface area (Å²) in [5, 5.41) is 8.58. The average Bonchev–Trinajstić information content (AvgIpc) is 3.02. The van der Waals surface area contributed by atoms with Crippen LogP contribution in [0, 0.1) is 0 Å². The number of primary sulfonamides is 1. The normalized spacial score (nSPS) is 11.3. The van der Waals surface area contributed by atoms with Crippen molar-refractivity contribution in [2.75, 3.05) is 11.9 Å². The Morgan fingerprint density at radius 1 is 1.11 bits per heavy atom. The Balaban J connectivity index is 1.58. The minimum absolute atomic E-state index is 0.0578. The Kier molecular flexibility index (Phi) is 5.17. The van der Waals surface area contributed by atoms with E-state index < -0.39 is 28.5 Å². The Morgan fingerprint density at radius 2 is 1.81 bits per heavy atom. The van der Waals surface area contributed by atoms with Crippen LogP contribution < -0.4 is 10.5 Å². The van der Waals surface area contributed by atoms with Crippen LogP contribution >= 0.6 is 11.6 Å². The smallest absolute Gasteiger partial charge is 0.374 e. The number of carbonyl (C=O) groups excluding carboxylic acids is 2. The first-order valence-electron chi connectivity index (χ1n) is 7.51. The van der Waals surface area contributed by atoms with Crippen molar-refractivity contribution < 1.29 is 27.2 Å². The number of sulfonamides is 1. The first-order chi connectivity index (χ1) is 12.7. The predicted molar refractivity (Wildman–Crippen MR) is 98.0 cm³/mol. The van der Waals surface area contributed by atoms with Gasteiger partial charge < -0.3 is 14.5 Å². The van der Waals surface area contributed by atoms with Crippen LogP contribution in [0.25, 0.3) is 11.0 Å². The summed E-state index contributed by atoms with van der Waals surface area (Å²) in [5.74, 6) is -1.47. The number of carbonyl (C=O) groups is 2. The summed E-state index contributed by atoms with van der Waals surface area (Å²) in [6.45, 7) is -0.548. The zero-order chi connectivity index (χ0) is 19.6. The number of esters is 1. The molecule has 1 aromatic heterocycles. The summed E-state index contributed by atoms with van der Waals surface area (Å²) in [7, 11) is -3.81. The highest BCUT2D eigenvalue weighted by atomic mass is 35.5.